The maximum atomic E-state index is 14.0. The predicted octanol–water partition coefficient (Wildman–Crippen LogP) is 5.32. The van der Waals surface area contributed by atoms with E-state index in [1.165, 1.54) is 4.31 Å². The van der Waals surface area contributed by atoms with Crippen LogP contribution < -0.4 is 9.21 Å². The quantitative estimate of drug-likeness (QED) is 0.561. The highest BCUT2D eigenvalue weighted by Gasteiger charge is 2.41. The van der Waals surface area contributed by atoms with Gasteiger partial charge in [-0.2, -0.15) is 0 Å². The molecular formula is C28H38N2O5S. The van der Waals surface area contributed by atoms with Gasteiger partial charge < -0.3 is 14.7 Å². The van der Waals surface area contributed by atoms with Crippen molar-refractivity contribution < 1.29 is 23.1 Å². The summed E-state index contributed by atoms with van der Waals surface area (Å²) in [6.45, 7) is 10.5. The highest BCUT2D eigenvalue weighted by Crippen LogP contribution is 2.46. The number of carboxylic acid groups (broad SMARTS) is 1. The lowest BCUT2D eigenvalue weighted by Gasteiger charge is -2.46. The van der Waals surface area contributed by atoms with E-state index < -0.39 is 16.0 Å². The SMILES string of the molecule is Cc1cccc(S(=O)(=O)N2C[C@H](CCC(=O)O)N(C)c3ccc(C4CC(C)(C)OC(C)(C)C4)cc32)c1. The van der Waals surface area contributed by atoms with E-state index in [0.717, 1.165) is 29.7 Å². The lowest BCUT2D eigenvalue weighted by atomic mass is 9.77. The zero-order chi connectivity index (χ0) is 26.5. The topological polar surface area (TPSA) is 87.2 Å². The largest absolute Gasteiger partial charge is 0.481 e. The second kappa shape index (κ2) is 9.38. The summed E-state index contributed by atoms with van der Waals surface area (Å²) in [6.07, 6.45) is 2.02. The lowest BCUT2D eigenvalue weighted by Crippen LogP contribution is -2.49. The number of benzene rings is 2. The molecule has 1 N–H and O–H groups in total. The third kappa shape index (κ3) is 5.39. The molecule has 0 spiro atoms. The number of fused-ring (bicyclic) bond motifs is 1. The van der Waals surface area contributed by atoms with Gasteiger partial charge in [-0.1, -0.05) is 18.2 Å². The number of likely N-dealkylation sites (N-methyl/N-ethyl adjacent to an activating group) is 1. The fourth-order valence-electron chi connectivity index (χ4n) is 5.93. The molecule has 0 aliphatic carbocycles. The number of anilines is 2. The van der Waals surface area contributed by atoms with Gasteiger partial charge in [0.25, 0.3) is 10.0 Å². The molecule has 1 fully saturated rings. The number of carboxylic acids is 1. The summed E-state index contributed by atoms with van der Waals surface area (Å²) in [4.78, 5) is 13.6. The predicted molar refractivity (Wildman–Crippen MR) is 142 cm³/mol. The number of hydrogen-bond donors (Lipinski definition) is 1. The van der Waals surface area contributed by atoms with Crippen LogP contribution in [-0.4, -0.2) is 50.3 Å². The maximum Gasteiger partial charge on any atom is 0.303 e. The molecule has 2 aromatic carbocycles. The van der Waals surface area contributed by atoms with Crippen LogP contribution in [0.5, 0.6) is 0 Å². The number of aliphatic carboxylic acids is 1. The average molecular weight is 515 g/mol. The molecule has 196 valence electrons. The van der Waals surface area contributed by atoms with E-state index in [1.807, 2.05) is 37.1 Å². The van der Waals surface area contributed by atoms with Gasteiger partial charge >= 0.3 is 5.97 Å². The van der Waals surface area contributed by atoms with Gasteiger partial charge in [0.15, 0.2) is 0 Å². The number of aryl methyl sites for hydroxylation is 1. The van der Waals surface area contributed by atoms with Crippen LogP contribution in [-0.2, 0) is 19.6 Å². The van der Waals surface area contributed by atoms with E-state index in [0.29, 0.717) is 12.1 Å². The highest BCUT2D eigenvalue weighted by atomic mass is 32.2. The number of rotatable bonds is 6. The van der Waals surface area contributed by atoms with Crippen molar-refractivity contribution in [3.63, 3.8) is 0 Å². The minimum absolute atomic E-state index is 0.0208. The normalized spacial score (nSPS) is 21.8. The minimum atomic E-state index is -3.85. The van der Waals surface area contributed by atoms with Crippen LogP contribution in [0.2, 0.25) is 0 Å². The standard InChI is InChI=1S/C28H38N2O5S/c1-19-8-7-9-23(14-19)36(33,34)30-18-22(11-13-26(31)32)29(6)24-12-10-20(15-25(24)30)21-16-27(2,3)35-28(4,5)17-21/h7-10,12,14-15,21-22H,11,13,16-18H2,1-6H3,(H,31,32)/t22-/m0/s1. The third-order valence-electron chi connectivity index (χ3n) is 7.34. The summed E-state index contributed by atoms with van der Waals surface area (Å²) in [5.74, 6) is -0.657. The Hall–Kier alpha value is -2.58. The first-order chi connectivity index (χ1) is 16.7. The molecule has 2 aromatic rings. The van der Waals surface area contributed by atoms with E-state index in [-0.39, 0.29) is 41.0 Å². The van der Waals surface area contributed by atoms with E-state index in [9.17, 15) is 18.3 Å². The zero-order valence-corrected chi connectivity index (χ0v) is 22.9. The molecule has 0 amide bonds. The first kappa shape index (κ1) is 26.5. The summed E-state index contributed by atoms with van der Waals surface area (Å²) < 4.78 is 35.7. The van der Waals surface area contributed by atoms with Crippen molar-refractivity contribution >= 4 is 27.4 Å². The van der Waals surface area contributed by atoms with E-state index >= 15 is 0 Å². The van der Waals surface area contributed by atoms with Crippen molar-refractivity contribution in [2.24, 2.45) is 0 Å². The van der Waals surface area contributed by atoms with Crippen LogP contribution in [0, 0.1) is 6.92 Å². The minimum Gasteiger partial charge on any atom is -0.481 e. The molecule has 0 radical (unpaired) electrons. The molecule has 0 saturated carbocycles. The molecular weight excluding hydrogens is 476 g/mol. The van der Waals surface area contributed by atoms with Gasteiger partial charge in [-0.15, -0.1) is 0 Å². The molecule has 7 nitrogen and oxygen atoms in total. The number of hydrogen-bond acceptors (Lipinski definition) is 5. The first-order valence-corrected chi connectivity index (χ1v) is 14.0. The molecule has 2 aliphatic heterocycles. The zero-order valence-electron chi connectivity index (χ0n) is 22.1. The van der Waals surface area contributed by atoms with Crippen molar-refractivity contribution in [3.8, 4) is 0 Å². The van der Waals surface area contributed by atoms with Gasteiger partial charge in [-0.3, -0.25) is 9.10 Å². The number of carbonyl (C=O) groups is 1. The Kier molecular flexibility index (Phi) is 6.90. The van der Waals surface area contributed by atoms with Crippen molar-refractivity contribution in [1.29, 1.82) is 0 Å². The molecule has 0 unspecified atom stereocenters. The molecule has 1 saturated heterocycles. The van der Waals surface area contributed by atoms with Gasteiger partial charge in [0.2, 0.25) is 0 Å². The van der Waals surface area contributed by atoms with Crippen molar-refractivity contribution in [1.82, 2.24) is 0 Å². The van der Waals surface area contributed by atoms with Crippen LogP contribution >= 0.6 is 0 Å². The van der Waals surface area contributed by atoms with E-state index in [4.69, 9.17) is 4.74 Å². The molecule has 36 heavy (non-hydrogen) atoms. The Morgan fingerprint density at radius 1 is 1.06 bits per heavy atom. The first-order valence-electron chi connectivity index (χ1n) is 12.6. The van der Waals surface area contributed by atoms with E-state index in [2.05, 4.69) is 33.8 Å². The van der Waals surface area contributed by atoms with E-state index in [1.54, 1.807) is 18.2 Å². The maximum absolute atomic E-state index is 14.0. The smallest absolute Gasteiger partial charge is 0.303 e. The number of nitrogens with zero attached hydrogens (tertiary/aromatic N) is 2. The molecule has 2 heterocycles. The Morgan fingerprint density at radius 2 is 1.72 bits per heavy atom. The lowest BCUT2D eigenvalue weighted by molar-refractivity contribution is -0.161. The summed E-state index contributed by atoms with van der Waals surface area (Å²) >= 11 is 0. The molecule has 1 atom stereocenters. The second-order valence-corrected chi connectivity index (χ2v) is 13.4. The number of ether oxygens (including phenoxy) is 1. The third-order valence-corrected chi connectivity index (χ3v) is 9.12. The summed E-state index contributed by atoms with van der Waals surface area (Å²) in [5.41, 5.74) is 2.84. The summed E-state index contributed by atoms with van der Waals surface area (Å²) in [7, 11) is -1.93. The fourth-order valence-corrected chi connectivity index (χ4v) is 7.55. The molecule has 0 bridgehead atoms. The van der Waals surface area contributed by atoms with Gasteiger partial charge in [-0.25, -0.2) is 8.42 Å². The van der Waals surface area contributed by atoms with Gasteiger partial charge in [0.1, 0.15) is 0 Å². The fraction of sp³-hybridized carbons (Fsp3) is 0.536. The van der Waals surface area contributed by atoms with Crippen LogP contribution in [0.1, 0.15) is 70.4 Å². The molecule has 8 heteroatoms. The van der Waals surface area contributed by atoms with Crippen molar-refractivity contribution in [2.45, 2.75) is 88.4 Å². The second-order valence-electron chi connectivity index (χ2n) is 11.5. The van der Waals surface area contributed by atoms with Gasteiger partial charge in [-0.05, 0) is 95.2 Å². The Labute approximate surface area is 215 Å². The van der Waals surface area contributed by atoms with Crippen LogP contribution in [0.3, 0.4) is 0 Å². The monoisotopic (exact) mass is 514 g/mol. The Bertz CT molecular complexity index is 1240. The van der Waals surface area contributed by atoms with Crippen molar-refractivity contribution in [2.75, 3.05) is 22.8 Å². The van der Waals surface area contributed by atoms with Crippen molar-refractivity contribution in [3.05, 3.63) is 53.6 Å². The molecule has 4 rings (SSSR count). The molecule has 0 aromatic heterocycles. The van der Waals surface area contributed by atoms with Crippen LogP contribution in [0.4, 0.5) is 11.4 Å². The van der Waals surface area contributed by atoms with Gasteiger partial charge in [0, 0.05) is 19.5 Å². The van der Waals surface area contributed by atoms with Crippen LogP contribution in [0.15, 0.2) is 47.4 Å². The Morgan fingerprint density at radius 3 is 2.33 bits per heavy atom. The van der Waals surface area contributed by atoms with Gasteiger partial charge in [0.05, 0.1) is 34.0 Å². The Balaban J connectivity index is 1.80. The summed E-state index contributed by atoms with van der Waals surface area (Å²) in [6, 6.07) is 12.8. The average Bonchev–Trinajstić information content (AvgIpc) is 2.76. The highest BCUT2D eigenvalue weighted by molar-refractivity contribution is 7.92. The van der Waals surface area contributed by atoms with Crippen LogP contribution in [0.25, 0.3) is 0 Å². The number of sulfonamides is 1. The summed E-state index contributed by atoms with van der Waals surface area (Å²) in [5, 5.41) is 9.26. The molecule has 2 aliphatic rings.